The number of likely N-dealkylation sites (tertiary alicyclic amines) is 2. The van der Waals surface area contributed by atoms with E-state index in [1.165, 1.54) is 25.9 Å². The molecule has 1 aromatic rings. The van der Waals surface area contributed by atoms with E-state index in [9.17, 15) is 4.79 Å². The summed E-state index contributed by atoms with van der Waals surface area (Å²) in [6.07, 6.45) is 6.71. The molecular formula is C16H22N2O2. The van der Waals surface area contributed by atoms with Gasteiger partial charge in [0.1, 0.15) is 5.76 Å². The maximum Gasteiger partial charge on any atom is 0.257 e. The molecule has 4 rings (SSSR count). The van der Waals surface area contributed by atoms with E-state index in [0.29, 0.717) is 12.1 Å². The summed E-state index contributed by atoms with van der Waals surface area (Å²) in [5, 5.41) is 0. The standard InChI is InChI=1S/C16H22N2O2/c1-11-13(6-9-20-11)16(19)18-8-5-14-15(18)4-7-17(14)10-12-2-3-12/h6,9,12,14-15H,2-5,7-8,10H2,1H3/t14-,15+/m1/s1. The van der Waals surface area contributed by atoms with Crippen LogP contribution in [0.4, 0.5) is 0 Å². The van der Waals surface area contributed by atoms with Gasteiger partial charge in [-0.3, -0.25) is 9.69 Å². The zero-order chi connectivity index (χ0) is 13.7. The molecule has 4 heteroatoms. The third-order valence-corrected chi connectivity index (χ3v) is 5.23. The van der Waals surface area contributed by atoms with Crippen LogP contribution in [0.3, 0.4) is 0 Å². The Kier molecular flexibility index (Phi) is 2.88. The lowest BCUT2D eigenvalue weighted by Crippen LogP contribution is -2.40. The number of hydrogen-bond acceptors (Lipinski definition) is 3. The number of carbonyl (C=O) groups is 1. The highest BCUT2D eigenvalue weighted by Gasteiger charge is 2.45. The summed E-state index contributed by atoms with van der Waals surface area (Å²) < 4.78 is 5.28. The Morgan fingerprint density at radius 3 is 2.75 bits per heavy atom. The molecule has 0 aromatic carbocycles. The molecule has 3 fully saturated rings. The van der Waals surface area contributed by atoms with E-state index in [4.69, 9.17) is 4.42 Å². The molecular weight excluding hydrogens is 252 g/mol. The molecule has 0 radical (unpaired) electrons. The maximum atomic E-state index is 12.7. The molecule has 20 heavy (non-hydrogen) atoms. The zero-order valence-electron chi connectivity index (χ0n) is 12.0. The highest BCUT2D eigenvalue weighted by molar-refractivity contribution is 5.95. The highest BCUT2D eigenvalue weighted by Crippen LogP contribution is 2.37. The van der Waals surface area contributed by atoms with E-state index in [1.54, 1.807) is 6.26 Å². The third-order valence-electron chi connectivity index (χ3n) is 5.23. The average molecular weight is 274 g/mol. The fraction of sp³-hybridized carbons (Fsp3) is 0.688. The molecule has 1 amide bonds. The van der Waals surface area contributed by atoms with Gasteiger partial charge in [-0.05, 0) is 44.6 Å². The summed E-state index contributed by atoms with van der Waals surface area (Å²) in [5.41, 5.74) is 0.742. The largest absolute Gasteiger partial charge is 0.469 e. The van der Waals surface area contributed by atoms with Crippen LogP contribution in [0.15, 0.2) is 16.7 Å². The van der Waals surface area contributed by atoms with Gasteiger partial charge in [0.15, 0.2) is 0 Å². The molecule has 2 atom stereocenters. The second-order valence-electron chi connectivity index (χ2n) is 6.54. The first-order valence-corrected chi connectivity index (χ1v) is 7.83. The van der Waals surface area contributed by atoms with Crippen LogP contribution in [-0.2, 0) is 0 Å². The van der Waals surface area contributed by atoms with Gasteiger partial charge >= 0.3 is 0 Å². The summed E-state index contributed by atoms with van der Waals surface area (Å²) in [7, 11) is 0. The number of hydrogen-bond donors (Lipinski definition) is 0. The summed E-state index contributed by atoms with van der Waals surface area (Å²) in [6.45, 7) is 5.20. The van der Waals surface area contributed by atoms with Crippen molar-refractivity contribution in [2.24, 2.45) is 5.92 Å². The van der Waals surface area contributed by atoms with Gasteiger partial charge in [-0.2, -0.15) is 0 Å². The Hall–Kier alpha value is -1.29. The molecule has 1 aliphatic carbocycles. The van der Waals surface area contributed by atoms with Crippen molar-refractivity contribution in [3.8, 4) is 0 Å². The molecule has 1 aromatic heterocycles. The second kappa shape index (κ2) is 4.62. The van der Waals surface area contributed by atoms with Crippen molar-refractivity contribution >= 4 is 5.91 Å². The topological polar surface area (TPSA) is 36.7 Å². The van der Waals surface area contributed by atoms with Gasteiger partial charge < -0.3 is 9.32 Å². The molecule has 108 valence electrons. The van der Waals surface area contributed by atoms with E-state index < -0.39 is 0 Å². The average Bonchev–Trinajstić information content (AvgIpc) is 2.85. The van der Waals surface area contributed by atoms with Crippen LogP contribution in [0, 0.1) is 12.8 Å². The van der Waals surface area contributed by atoms with Crippen LogP contribution >= 0.6 is 0 Å². The van der Waals surface area contributed by atoms with Crippen LogP contribution in [0.1, 0.15) is 41.8 Å². The molecule has 2 saturated heterocycles. The number of aryl methyl sites for hydroxylation is 1. The molecule has 3 heterocycles. The molecule has 0 bridgehead atoms. The Balaban J connectivity index is 1.48. The summed E-state index contributed by atoms with van der Waals surface area (Å²) in [5.74, 6) is 1.85. The first kappa shape index (κ1) is 12.5. The lowest BCUT2D eigenvalue weighted by molar-refractivity contribution is 0.0730. The summed E-state index contributed by atoms with van der Waals surface area (Å²) in [6, 6.07) is 2.84. The van der Waals surface area contributed by atoms with Gasteiger partial charge in [0, 0.05) is 31.7 Å². The first-order chi connectivity index (χ1) is 9.74. The van der Waals surface area contributed by atoms with Crippen molar-refractivity contribution in [1.29, 1.82) is 0 Å². The monoisotopic (exact) mass is 274 g/mol. The quantitative estimate of drug-likeness (QED) is 0.848. The lowest BCUT2D eigenvalue weighted by Gasteiger charge is -2.25. The van der Waals surface area contributed by atoms with Gasteiger partial charge in [-0.25, -0.2) is 0 Å². The minimum Gasteiger partial charge on any atom is -0.469 e. The minimum atomic E-state index is 0.164. The highest BCUT2D eigenvalue weighted by atomic mass is 16.3. The Labute approximate surface area is 119 Å². The van der Waals surface area contributed by atoms with Crippen LogP contribution in [0.25, 0.3) is 0 Å². The normalized spacial score (nSPS) is 29.9. The third kappa shape index (κ3) is 1.97. The van der Waals surface area contributed by atoms with Gasteiger partial charge in [0.25, 0.3) is 5.91 Å². The lowest BCUT2D eigenvalue weighted by atomic mass is 10.1. The number of rotatable bonds is 3. The number of furan rings is 1. The fourth-order valence-corrected chi connectivity index (χ4v) is 3.95. The van der Waals surface area contributed by atoms with E-state index in [0.717, 1.165) is 36.6 Å². The summed E-state index contributed by atoms with van der Waals surface area (Å²) >= 11 is 0. The predicted molar refractivity (Wildman–Crippen MR) is 75.6 cm³/mol. The van der Waals surface area contributed by atoms with Crippen molar-refractivity contribution in [1.82, 2.24) is 9.80 Å². The predicted octanol–water partition coefficient (Wildman–Crippen LogP) is 2.29. The van der Waals surface area contributed by atoms with Crippen LogP contribution in [0.2, 0.25) is 0 Å². The van der Waals surface area contributed by atoms with Crippen molar-refractivity contribution in [3.05, 3.63) is 23.7 Å². The zero-order valence-corrected chi connectivity index (χ0v) is 12.0. The second-order valence-corrected chi connectivity index (χ2v) is 6.54. The molecule has 0 unspecified atom stereocenters. The molecule has 0 N–H and O–H groups in total. The van der Waals surface area contributed by atoms with Crippen molar-refractivity contribution in [2.75, 3.05) is 19.6 Å². The van der Waals surface area contributed by atoms with Crippen molar-refractivity contribution in [3.63, 3.8) is 0 Å². The number of nitrogens with zero attached hydrogens (tertiary/aromatic N) is 2. The molecule has 1 saturated carbocycles. The van der Waals surface area contributed by atoms with E-state index in [-0.39, 0.29) is 5.91 Å². The Bertz CT molecular complexity index is 520. The smallest absolute Gasteiger partial charge is 0.257 e. The van der Waals surface area contributed by atoms with Crippen LogP contribution < -0.4 is 0 Å². The summed E-state index contributed by atoms with van der Waals surface area (Å²) in [4.78, 5) is 17.4. The minimum absolute atomic E-state index is 0.164. The number of fused-ring (bicyclic) bond motifs is 1. The van der Waals surface area contributed by atoms with Gasteiger partial charge in [-0.15, -0.1) is 0 Å². The van der Waals surface area contributed by atoms with Crippen molar-refractivity contribution in [2.45, 2.75) is 44.7 Å². The molecule has 4 nitrogen and oxygen atoms in total. The maximum absolute atomic E-state index is 12.7. The van der Waals surface area contributed by atoms with Gasteiger partial charge in [0.05, 0.1) is 11.8 Å². The van der Waals surface area contributed by atoms with E-state index in [1.807, 2.05) is 13.0 Å². The molecule has 0 spiro atoms. The Morgan fingerprint density at radius 1 is 1.25 bits per heavy atom. The van der Waals surface area contributed by atoms with Crippen LogP contribution in [0.5, 0.6) is 0 Å². The fourth-order valence-electron chi connectivity index (χ4n) is 3.95. The molecule has 3 aliphatic rings. The number of amides is 1. The van der Waals surface area contributed by atoms with E-state index in [2.05, 4.69) is 9.80 Å². The van der Waals surface area contributed by atoms with Gasteiger partial charge in [0.2, 0.25) is 0 Å². The van der Waals surface area contributed by atoms with Crippen molar-refractivity contribution < 1.29 is 9.21 Å². The first-order valence-electron chi connectivity index (χ1n) is 7.83. The van der Waals surface area contributed by atoms with Gasteiger partial charge in [-0.1, -0.05) is 0 Å². The number of carbonyl (C=O) groups excluding carboxylic acids is 1. The van der Waals surface area contributed by atoms with Crippen LogP contribution in [-0.4, -0.2) is 47.4 Å². The Morgan fingerprint density at radius 2 is 2.05 bits per heavy atom. The van der Waals surface area contributed by atoms with E-state index >= 15 is 0 Å². The molecule has 2 aliphatic heterocycles. The SMILES string of the molecule is Cc1occc1C(=O)N1CC[C@@H]2[C@@H]1CCN2CC1CC1.